The summed E-state index contributed by atoms with van der Waals surface area (Å²) in [6.45, 7) is 8.85. The maximum Gasteiger partial charge on any atom is 0.216 e. The van der Waals surface area contributed by atoms with Gasteiger partial charge in [-0.05, 0) is 42.7 Å². The first kappa shape index (κ1) is 18.3. The Morgan fingerprint density at radius 1 is 0.839 bits per heavy atom. The molecule has 0 fully saturated rings. The van der Waals surface area contributed by atoms with E-state index in [4.69, 9.17) is 4.42 Å². The molecule has 0 atom stereocenters. The largest absolute Gasteiger partial charge is 0.454 e. The highest BCUT2D eigenvalue weighted by molar-refractivity contribution is 6.14. The van der Waals surface area contributed by atoms with Crippen molar-refractivity contribution in [3.8, 4) is 22.4 Å². The van der Waals surface area contributed by atoms with Crippen molar-refractivity contribution in [1.82, 2.24) is 4.98 Å². The van der Waals surface area contributed by atoms with E-state index in [1.807, 2.05) is 12.4 Å². The molecule has 3 heterocycles. The van der Waals surface area contributed by atoms with E-state index in [2.05, 4.69) is 93.0 Å². The number of nitrogens with zero attached hydrogens (tertiary/aromatic N) is 2. The van der Waals surface area contributed by atoms with E-state index in [1.165, 1.54) is 33.4 Å². The fourth-order valence-electron chi connectivity index (χ4n) is 5.40. The Balaban J connectivity index is 1.75. The van der Waals surface area contributed by atoms with Crippen molar-refractivity contribution in [3.63, 3.8) is 0 Å². The molecule has 3 nitrogen and oxygen atoms in total. The molecule has 6 rings (SSSR count). The standard InChI is InChI=1S/C28H25N2O/c1-16-6-11-23(30(5)15-16)24-17(2)7-8-18-19-9-10-22-25(27(19)31-26(18)24)20-14-29-13-12-21(20)28(22,3)4/h6-15H,1-5H3/q+1. The second-order valence-electron chi connectivity index (χ2n) is 9.35. The monoisotopic (exact) mass is 405 g/mol. The summed E-state index contributed by atoms with van der Waals surface area (Å²) >= 11 is 0. The van der Waals surface area contributed by atoms with Crippen LogP contribution in [-0.4, -0.2) is 4.98 Å². The molecule has 0 unspecified atom stereocenters. The number of hydrogen-bond acceptors (Lipinski definition) is 2. The molecule has 0 N–H and O–H groups in total. The van der Waals surface area contributed by atoms with Crippen LogP contribution in [0, 0.1) is 13.8 Å². The minimum absolute atomic E-state index is 0.0666. The lowest BCUT2D eigenvalue weighted by molar-refractivity contribution is -0.660. The van der Waals surface area contributed by atoms with Gasteiger partial charge < -0.3 is 4.42 Å². The van der Waals surface area contributed by atoms with E-state index in [9.17, 15) is 0 Å². The number of pyridine rings is 2. The van der Waals surface area contributed by atoms with Gasteiger partial charge in [0.1, 0.15) is 18.2 Å². The lowest BCUT2D eigenvalue weighted by Crippen LogP contribution is -2.31. The average Bonchev–Trinajstić information content (AvgIpc) is 3.22. The maximum absolute atomic E-state index is 6.76. The zero-order chi connectivity index (χ0) is 21.5. The van der Waals surface area contributed by atoms with Gasteiger partial charge in [0.25, 0.3) is 0 Å². The first-order valence-corrected chi connectivity index (χ1v) is 10.8. The summed E-state index contributed by atoms with van der Waals surface area (Å²) in [6.07, 6.45) is 6.04. The van der Waals surface area contributed by atoms with Crippen molar-refractivity contribution in [3.05, 3.63) is 83.3 Å². The van der Waals surface area contributed by atoms with Crippen LogP contribution in [0.2, 0.25) is 0 Å². The summed E-state index contributed by atoms with van der Waals surface area (Å²) in [5, 5.41) is 2.33. The summed E-state index contributed by atoms with van der Waals surface area (Å²) in [5.74, 6) is 0. The van der Waals surface area contributed by atoms with Crippen LogP contribution in [0.3, 0.4) is 0 Å². The number of aromatic nitrogens is 2. The molecule has 0 saturated carbocycles. The van der Waals surface area contributed by atoms with Gasteiger partial charge in [0.05, 0.1) is 5.56 Å². The third-order valence-electron chi connectivity index (χ3n) is 6.99. The molecule has 0 aliphatic heterocycles. The number of fused-ring (bicyclic) bond motifs is 7. The molecule has 0 saturated heterocycles. The minimum Gasteiger partial charge on any atom is -0.454 e. The highest BCUT2D eigenvalue weighted by atomic mass is 16.3. The van der Waals surface area contributed by atoms with Crippen LogP contribution in [-0.2, 0) is 12.5 Å². The van der Waals surface area contributed by atoms with Crippen molar-refractivity contribution in [2.45, 2.75) is 33.1 Å². The van der Waals surface area contributed by atoms with Crippen molar-refractivity contribution < 1.29 is 8.98 Å². The third-order valence-corrected chi connectivity index (χ3v) is 6.99. The number of hydrogen-bond donors (Lipinski definition) is 0. The van der Waals surface area contributed by atoms with Gasteiger partial charge in [-0.25, -0.2) is 4.57 Å². The van der Waals surface area contributed by atoms with E-state index >= 15 is 0 Å². The van der Waals surface area contributed by atoms with E-state index in [-0.39, 0.29) is 5.41 Å². The van der Waals surface area contributed by atoms with Crippen molar-refractivity contribution in [2.24, 2.45) is 7.05 Å². The Morgan fingerprint density at radius 2 is 1.58 bits per heavy atom. The molecular weight excluding hydrogens is 380 g/mol. The fourth-order valence-corrected chi connectivity index (χ4v) is 5.40. The second kappa shape index (κ2) is 6.04. The molecular formula is C28H25N2O+. The van der Waals surface area contributed by atoms with Gasteiger partial charge >= 0.3 is 0 Å². The molecule has 31 heavy (non-hydrogen) atoms. The van der Waals surface area contributed by atoms with Crippen LogP contribution in [0.5, 0.6) is 0 Å². The Hall–Kier alpha value is -3.46. The van der Waals surface area contributed by atoms with Crippen LogP contribution in [0.1, 0.15) is 36.1 Å². The van der Waals surface area contributed by atoms with Crippen molar-refractivity contribution in [1.29, 1.82) is 0 Å². The van der Waals surface area contributed by atoms with E-state index in [0.29, 0.717) is 0 Å². The quantitative estimate of drug-likeness (QED) is 0.302. The van der Waals surface area contributed by atoms with Crippen LogP contribution >= 0.6 is 0 Å². The molecule has 0 spiro atoms. The summed E-state index contributed by atoms with van der Waals surface area (Å²) in [7, 11) is 2.10. The predicted octanol–water partition coefficient (Wildman–Crippen LogP) is 6.40. The highest BCUT2D eigenvalue weighted by Gasteiger charge is 2.38. The van der Waals surface area contributed by atoms with E-state index < -0.39 is 0 Å². The molecule has 152 valence electrons. The van der Waals surface area contributed by atoms with Gasteiger partial charge in [0, 0.05) is 51.3 Å². The van der Waals surface area contributed by atoms with Crippen LogP contribution in [0.25, 0.3) is 44.3 Å². The number of benzene rings is 2. The molecule has 1 aliphatic carbocycles. The van der Waals surface area contributed by atoms with E-state index in [0.717, 1.165) is 33.2 Å². The summed E-state index contributed by atoms with van der Waals surface area (Å²) in [5.41, 5.74) is 11.6. The predicted molar refractivity (Wildman–Crippen MR) is 125 cm³/mol. The molecule has 5 aromatic rings. The smallest absolute Gasteiger partial charge is 0.216 e. The Kier molecular flexibility index (Phi) is 3.57. The van der Waals surface area contributed by atoms with Gasteiger partial charge in [-0.2, -0.15) is 0 Å². The molecule has 0 amide bonds. The molecule has 0 radical (unpaired) electrons. The van der Waals surface area contributed by atoms with Gasteiger partial charge in [0.2, 0.25) is 5.69 Å². The zero-order valence-corrected chi connectivity index (χ0v) is 18.6. The SMILES string of the molecule is Cc1ccc(-c2c(C)ccc3c2oc2c4c(ccc23)C(C)(C)c2ccncc2-4)[n+](C)c1. The van der Waals surface area contributed by atoms with Gasteiger partial charge in [-0.15, -0.1) is 0 Å². The Bertz CT molecular complexity index is 1540. The zero-order valence-electron chi connectivity index (χ0n) is 18.6. The first-order chi connectivity index (χ1) is 14.9. The molecule has 3 aromatic heterocycles. The van der Waals surface area contributed by atoms with E-state index in [1.54, 1.807) is 0 Å². The highest BCUT2D eigenvalue weighted by Crippen LogP contribution is 2.52. The lowest BCUT2D eigenvalue weighted by atomic mass is 9.82. The third kappa shape index (κ3) is 2.35. The fraction of sp³-hybridized carbons (Fsp3) is 0.214. The normalized spacial score (nSPS) is 14.2. The van der Waals surface area contributed by atoms with Crippen LogP contribution < -0.4 is 4.57 Å². The van der Waals surface area contributed by atoms with Crippen LogP contribution in [0.4, 0.5) is 0 Å². The Labute approximate surface area is 182 Å². The molecule has 1 aliphatic rings. The number of furan rings is 1. The molecule has 3 heteroatoms. The summed E-state index contributed by atoms with van der Waals surface area (Å²) in [4.78, 5) is 4.44. The minimum atomic E-state index is -0.0666. The van der Waals surface area contributed by atoms with Gasteiger partial charge in [-0.1, -0.05) is 38.1 Å². The summed E-state index contributed by atoms with van der Waals surface area (Å²) < 4.78 is 8.95. The summed E-state index contributed by atoms with van der Waals surface area (Å²) in [6, 6.07) is 15.4. The lowest BCUT2D eigenvalue weighted by Gasteiger charge is -2.20. The number of rotatable bonds is 1. The topological polar surface area (TPSA) is 29.9 Å². The maximum atomic E-state index is 6.76. The number of aryl methyl sites for hydroxylation is 3. The second-order valence-corrected chi connectivity index (χ2v) is 9.35. The van der Waals surface area contributed by atoms with Crippen molar-refractivity contribution >= 4 is 21.9 Å². The molecule has 0 bridgehead atoms. The van der Waals surface area contributed by atoms with Gasteiger partial charge in [-0.3, -0.25) is 4.98 Å². The van der Waals surface area contributed by atoms with Gasteiger partial charge in [0.15, 0.2) is 6.20 Å². The average molecular weight is 406 g/mol. The Morgan fingerprint density at radius 3 is 2.35 bits per heavy atom. The van der Waals surface area contributed by atoms with Crippen LogP contribution in [0.15, 0.2) is 65.5 Å². The molecule has 2 aromatic carbocycles. The first-order valence-electron chi connectivity index (χ1n) is 10.8. The van der Waals surface area contributed by atoms with Crippen molar-refractivity contribution in [2.75, 3.05) is 0 Å².